The van der Waals surface area contributed by atoms with Gasteiger partial charge in [0.25, 0.3) is 5.91 Å². The number of nitrogens with zero attached hydrogens (tertiary/aromatic N) is 5. The maximum Gasteiger partial charge on any atom is 0.291 e. The Bertz CT molecular complexity index is 866. The first-order valence-electron chi connectivity index (χ1n) is 9.50. The van der Waals surface area contributed by atoms with E-state index in [1.165, 1.54) is 11.5 Å². The lowest BCUT2D eigenvalue weighted by Crippen LogP contribution is -2.45. The van der Waals surface area contributed by atoms with Crippen LogP contribution in [0.2, 0.25) is 0 Å². The van der Waals surface area contributed by atoms with E-state index in [-0.39, 0.29) is 30.1 Å². The third-order valence-corrected chi connectivity index (χ3v) is 5.55. The van der Waals surface area contributed by atoms with Crippen molar-refractivity contribution in [3.63, 3.8) is 0 Å². The highest BCUT2D eigenvalue weighted by Gasteiger charge is 2.25. The molecule has 0 aromatic carbocycles. The summed E-state index contributed by atoms with van der Waals surface area (Å²) in [5.41, 5.74) is 0.549. The fourth-order valence-electron chi connectivity index (χ4n) is 3.01. The van der Waals surface area contributed by atoms with Crippen LogP contribution in [0.15, 0.2) is 4.42 Å². The van der Waals surface area contributed by atoms with E-state index in [2.05, 4.69) is 19.7 Å². The van der Waals surface area contributed by atoms with Crippen molar-refractivity contribution in [3.8, 4) is 0 Å². The van der Waals surface area contributed by atoms with Gasteiger partial charge < -0.3 is 24.3 Å². The Balaban J connectivity index is 1.78. The minimum atomic E-state index is -0.262. The second-order valence-electron chi connectivity index (χ2n) is 6.84. The summed E-state index contributed by atoms with van der Waals surface area (Å²) in [6.07, 6.45) is 0.0443. The third-order valence-electron chi connectivity index (χ3n) is 4.76. The minimum absolute atomic E-state index is 0.0962. The molecule has 0 spiro atoms. The molecule has 1 fully saturated rings. The molecule has 1 aliphatic heterocycles. The Hall–Kier alpha value is -2.53. The number of anilines is 1. The standard InChI is InChI=1S/C18H26N6O4S/c1-11-15(28-13(3)20-11)17(26)23-7-5-14(25)19-6-8-24(10-9-23)18-21-16(22-29-18)12(2)27-4/h12H,5-10H2,1-4H3,(H,19,25). The Morgan fingerprint density at radius 2 is 2.03 bits per heavy atom. The lowest BCUT2D eigenvalue weighted by atomic mass is 10.2. The van der Waals surface area contributed by atoms with E-state index >= 15 is 0 Å². The van der Waals surface area contributed by atoms with Crippen LogP contribution in [0.4, 0.5) is 5.13 Å². The average molecular weight is 423 g/mol. The maximum absolute atomic E-state index is 13.0. The highest BCUT2D eigenvalue weighted by atomic mass is 32.1. The quantitative estimate of drug-likeness (QED) is 0.785. The van der Waals surface area contributed by atoms with E-state index < -0.39 is 0 Å². The summed E-state index contributed by atoms with van der Waals surface area (Å²) in [7, 11) is 1.61. The van der Waals surface area contributed by atoms with E-state index in [4.69, 9.17) is 9.15 Å². The molecule has 3 heterocycles. The molecule has 0 bridgehead atoms. The predicted octanol–water partition coefficient (Wildman–Crippen LogP) is 1.32. The average Bonchev–Trinajstić information content (AvgIpc) is 3.32. The van der Waals surface area contributed by atoms with Crippen LogP contribution in [-0.4, -0.2) is 70.9 Å². The molecule has 1 aliphatic rings. The topological polar surface area (TPSA) is 114 Å². The van der Waals surface area contributed by atoms with Crippen LogP contribution < -0.4 is 10.2 Å². The molecule has 0 saturated carbocycles. The van der Waals surface area contributed by atoms with Crippen LogP contribution in [0.25, 0.3) is 0 Å². The molecule has 2 aromatic rings. The smallest absolute Gasteiger partial charge is 0.291 e. The molecule has 2 amide bonds. The van der Waals surface area contributed by atoms with E-state index in [0.29, 0.717) is 50.1 Å². The summed E-state index contributed by atoms with van der Waals surface area (Å²) in [4.78, 5) is 37.5. The van der Waals surface area contributed by atoms with Crippen LogP contribution in [0.3, 0.4) is 0 Å². The molecule has 1 atom stereocenters. The van der Waals surface area contributed by atoms with Crippen LogP contribution in [0.1, 0.15) is 47.4 Å². The number of hydrogen-bond acceptors (Lipinski definition) is 9. The van der Waals surface area contributed by atoms with Gasteiger partial charge in [0.05, 0.1) is 5.69 Å². The van der Waals surface area contributed by atoms with Crippen LogP contribution >= 0.6 is 11.5 Å². The van der Waals surface area contributed by atoms with Crippen molar-refractivity contribution in [2.24, 2.45) is 0 Å². The molecule has 158 valence electrons. The number of rotatable bonds is 4. The number of carbonyl (C=O) groups is 2. The van der Waals surface area contributed by atoms with E-state index in [1.807, 2.05) is 11.8 Å². The summed E-state index contributed by atoms with van der Waals surface area (Å²) in [5, 5.41) is 3.62. The van der Waals surface area contributed by atoms with Crippen molar-refractivity contribution in [1.82, 2.24) is 24.6 Å². The van der Waals surface area contributed by atoms with Gasteiger partial charge in [-0.1, -0.05) is 0 Å². The zero-order valence-electron chi connectivity index (χ0n) is 17.1. The Labute approximate surface area is 173 Å². The Morgan fingerprint density at radius 1 is 1.24 bits per heavy atom. The number of ether oxygens (including phenoxy) is 1. The van der Waals surface area contributed by atoms with Gasteiger partial charge in [-0.15, -0.1) is 0 Å². The normalized spacial score (nSPS) is 17.2. The number of nitrogens with one attached hydrogen (secondary N) is 1. The van der Waals surface area contributed by atoms with Crippen LogP contribution in [0.5, 0.6) is 0 Å². The first-order chi connectivity index (χ1) is 13.9. The molecule has 11 heteroatoms. The molecule has 2 aromatic heterocycles. The van der Waals surface area contributed by atoms with Crippen molar-refractivity contribution in [1.29, 1.82) is 0 Å². The molecule has 0 aliphatic carbocycles. The van der Waals surface area contributed by atoms with Crippen molar-refractivity contribution >= 4 is 28.5 Å². The lowest BCUT2D eigenvalue weighted by molar-refractivity contribution is -0.121. The lowest BCUT2D eigenvalue weighted by Gasteiger charge is -2.28. The summed E-state index contributed by atoms with van der Waals surface area (Å²) >= 11 is 1.28. The summed E-state index contributed by atoms with van der Waals surface area (Å²) in [6.45, 7) is 7.70. The Morgan fingerprint density at radius 3 is 2.72 bits per heavy atom. The summed E-state index contributed by atoms with van der Waals surface area (Å²) in [5.74, 6) is 0.927. The first-order valence-corrected chi connectivity index (χ1v) is 10.3. The van der Waals surface area contributed by atoms with Crippen molar-refractivity contribution < 1.29 is 18.7 Å². The number of aromatic nitrogens is 3. The molecule has 1 unspecified atom stereocenters. The summed E-state index contributed by atoms with van der Waals surface area (Å²) < 4.78 is 15.1. The van der Waals surface area contributed by atoms with Crippen molar-refractivity contribution in [2.45, 2.75) is 33.3 Å². The zero-order chi connectivity index (χ0) is 21.0. The van der Waals surface area contributed by atoms with Crippen LogP contribution in [0, 0.1) is 13.8 Å². The van der Waals surface area contributed by atoms with Gasteiger partial charge in [0.15, 0.2) is 11.7 Å². The molecule has 3 rings (SSSR count). The molecule has 10 nitrogen and oxygen atoms in total. The fraction of sp³-hybridized carbons (Fsp3) is 0.611. The molecule has 29 heavy (non-hydrogen) atoms. The minimum Gasteiger partial charge on any atom is -0.436 e. The number of hydrogen-bond donors (Lipinski definition) is 1. The first kappa shape index (κ1) is 21.2. The van der Waals surface area contributed by atoms with E-state index in [9.17, 15) is 9.59 Å². The number of aryl methyl sites for hydroxylation is 2. The number of amides is 2. The molecular weight excluding hydrogens is 396 g/mol. The number of carbonyl (C=O) groups excluding carboxylic acids is 2. The van der Waals surface area contributed by atoms with Crippen molar-refractivity contribution in [2.75, 3.05) is 44.7 Å². The SMILES string of the molecule is COC(C)c1nsc(N2CCNC(=O)CCN(C(=O)c3oc(C)nc3C)CC2)n1. The molecule has 1 saturated heterocycles. The molecule has 0 radical (unpaired) electrons. The molecule has 1 N–H and O–H groups in total. The Kier molecular flexibility index (Phi) is 6.80. The largest absolute Gasteiger partial charge is 0.436 e. The van der Waals surface area contributed by atoms with Gasteiger partial charge in [0, 0.05) is 64.7 Å². The van der Waals surface area contributed by atoms with Gasteiger partial charge in [-0.2, -0.15) is 4.37 Å². The maximum atomic E-state index is 13.0. The highest BCUT2D eigenvalue weighted by molar-refractivity contribution is 7.09. The van der Waals surface area contributed by atoms with Crippen LogP contribution in [-0.2, 0) is 9.53 Å². The number of methoxy groups -OCH3 is 1. The number of oxazole rings is 1. The zero-order valence-corrected chi connectivity index (χ0v) is 17.9. The van der Waals surface area contributed by atoms with E-state index in [1.54, 1.807) is 25.9 Å². The van der Waals surface area contributed by atoms with Gasteiger partial charge in [0.2, 0.25) is 16.8 Å². The van der Waals surface area contributed by atoms with Gasteiger partial charge in [-0.05, 0) is 13.8 Å². The van der Waals surface area contributed by atoms with Crippen molar-refractivity contribution in [3.05, 3.63) is 23.2 Å². The predicted molar refractivity (Wildman–Crippen MR) is 107 cm³/mol. The fourth-order valence-corrected chi connectivity index (χ4v) is 3.81. The monoisotopic (exact) mass is 422 g/mol. The van der Waals surface area contributed by atoms with Gasteiger partial charge in [-0.3, -0.25) is 9.59 Å². The third kappa shape index (κ3) is 5.10. The van der Waals surface area contributed by atoms with Gasteiger partial charge in [0.1, 0.15) is 6.10 Å². The second-order valence-corrected chi connectivity index (χ2v) is 7.57. The summed E-state index contributed by atoms with van der Waals surface area (Å²) in [6, 6.07) is 0. The van der Waals surface area contributed by atoms with Gasteiger partial charge >= 0.3 is 0 Å². The second kappa shape index (κ2) is 9.31. The molecular formula is C18H26N6O4S. The van der Waals surface area contributed by atoms with Gasteiger partial charge in [-0.25, -0.2) is 9.97 Å². The highest BCUT2D eigenvalue weighted by Crippen LogP contribution is 2.22. The van der Waals surface area contributed by atoms with E-state index in [0.717, 1.165) is 5.13 Å².